The fourth-order valence-corrected chi connectivity index (χ4v) is 2.74. The predicted octanol–water partition coefficient (Wildman–Crippen LogP) is 1.93. The molecule has 1 aliphatic carbocycles. The van der Waals surface area contributed by atoms with Crippen LogP contribution in [0, 0.1) is 6.92 Å². The van der Waals surface area contributed by atoms with Gasteiger partial charge >= 0.3 is 0 Å². The first-order valence-corrected chi connectivity index (χ1v) is 6.40. The van der Waals surface area contributed by atoms with Crippen molar-refractivity contribution in [3.05, 3.63) is 41.0 Å². The minimum absolute atomic E-state index is 0.542. The minimum atomic E-state index is -0.655. The maximum absolute atomic E-state index is 6.57. The Kier molecular flexibility index (Phi) is 2.78. The molecular weight excluding hydrogens is 242 g/mol. The Balaban J connectivity index is 2.11. The van der Waals surface area contributed by atoms with Crippen LogP contribution >= 0.6 is 0 Å². The first-order valence-electron chi connectivity index (χ1n) is 6.40. The van der Waals surface area contributed by atoms with Crippen molar-refractivity contribution in [2.24, 2.45) is 5.73 Å². The van der Waals surface area contributed by atoms with Crippen molar-refractivity contribution in [1.82, 2.24) is 10.1 Å². The predicted molar refractivity (Wildman–Crippen MR) is 69.9 cm³/mol. The molecule has 1 aromatic carbocycles. The molecule has 100 valence electrons. The molecule has 1 unspecified atom stereocenters. The van der Waals surface area contributed by atoms with Gasteiger partial charge in [-0.2, -0.15) is 4.98 Å². The van der Waals surface area contributed by atoms with Crippen molar-refractivity contribution in [3.63, 3.8) is 0 Å². The maximum atomic E-state index is 6.57. The number of benzene rings is 1. The second kappa shape index (κ2) is 4.35. The summed E-state index contributed by atoms with van der Waals surface area (Å²) in [6, 6.07) is 5.99. The second-order valence-electron chi connectivity index (χ2n) is 4.98. The third-order valence-electron chi connectivity index (χ3n) is 3.74. The first-order chi connectivity index (χ1) is 9.13. The van der Waals surface area contributed by atoms with Crippen LogP contribution in [0.15, 0.2) is 22.7 Å². The van der Waals surface area contributed by atoms with Crippen molar-refractivity contribution in [2.75, 3.05) is 7.11 Å². The fourth-order valence-electron chi connectivity index (χ4n) is 2.74. The highest BCUT2D eigenvalue weighted by Gasteiger charge is 2.38. The summed E-state index contributed by atoms with van der Waals surface area (Å²) in [5.74, 6) is 1.96. The van der Waals surface area contributed by atoms with Crippen LogP contribution in [0.2, 0.25) is 0 Å². The lowest BCUT2D eigenvalue weighted by molar-refractivity contribution is 0.355. The van der Waals surface area contributed by atoms with Crippen molar-refractivity contribution < 1.29 is 9.26 Å². The highest BCUT2D eigenvalue weighted by molar-refractivity contribution is 5.44. The SMILES string of the molecule is COc1ccc2c(c1)CCCC2(N)c1noc(C)n1. The highest BCUT2D eigenvalue weighted by Crippen LogP contribution is 2.38. The normalized spacial score (nSPS) is 22.1. The Bertz CT molecular complexity index is 608. The summed E-state index contributed by atoms with van der Waals surface area (Å²) < 4.78 is 10.3. The van der Waals surface area contributed by atoms with E-state index in [4.69, 9.17) is 15.0 Å². The molecule has 2 N–H and O–H groups in total. The molecule has 3 rings (SSSR count). The minimum Gasteiger partial charge on any atom is -0.497 e. The molecule has 0 bridgehead atoms. The lowest BCUT2D eigenvalue weighted by atomic mass is 9.76. The standard InChI is InChI=1S/C14H17N3O2/c1-9-16-13(17-19-9)14(15)7-3-4-10-8-11(18-2)5-6-12(10)14/h5-6,8H,3-4,7,15H2,1-2H3. The van der Waals surface area contributed by atoms with Crippen LogP contribution in [-0.2, 0) is 12.0 Å². The van der Waals surface area contributed by atoms with E-state index in [1.807, 2.05) is 18.2 Å². The van der Waals surface area contributed by atoms with E-state index in [9.17, 15) is 0 Å². The van der Waals surface area contributed by atoms with Crippen LogP contribution in [0.3, 0.4) is 0 Å². The Labute approximate surface area is 111 Å². The number of rotatable bonds is 2. The monoisotopic (exact) mass is 259 g/mol. The molecule has 0 saturated carbocycles. The van der Waals surface area contributed by atoms with Gasteiger partial charge in [0.2, 0.25) is 5.89 Å². The molecule has 2 aromatic rings. The van der Waals surface area contributed by atoms with Gasteiger partial charge in [0, 0.05) is 6.92 Å². The number of aryl methyl sites for hydroxylation is 2. The Hall–Kier alpha value is -1.88. The average Bonchev–Trinajstić information content (AvgIpc) is 2.86. The number of nitrogens with two attached hydrogens (primary N) is 1. The highest BCUT2D eigenvalue weighted by atomic mass is 16.5. The lowest BCUT2D eigenvalue weighted by Crippen LogP contribution is -2.42. The van der Waals surface area contributed by atoms with E-state index in [1.54, 1.807) is 14.0 Å². The second-order valence-corrected chi connectivity index (χ2v) is 4.98. The Morgan fingerprint density at radius 3 is 2.95 bits per heavy atom. The molecule has 19 heavy (non-hydrogen) atoms. The molecule has 1 aliphatic rings. The van der Waals surface area contributed by atoms with E-state index >= 15 is 0 Å². The summed E-state index contributed by atoms with van der Waals surface area (Å²) in [4.78, 5) is 4.31. The number of methoxy groups -OCH3 is 1. The number of fused-ring (bicyclic) bond motifs is 1. The quantitative estimate of drug-likeness (QED) is 0.892. The third kappa shape index (κ3) is 1.90. The van der Waals surface area contributed by atoms with Gasteiger partial charge in [-0.1, -0.05) is 11.2 Å². The van der Waals surface area contributed by atoms with E-state index < -0.39 is 5.54 Å². The van der Waals surface area contributed by atoms with Gasteiger partial charge < -0.3 is 15.0 Å². The van der Waals surface area contributed by atoms with Crippen LogP contribution in [-0.4, -0.2) is 17.3 Å². The van der Waals surface area contributed by atoms with Crippen LogP contribution in [0.1, 0.15) is 35.7 Å². The smallest absolute Gasteiger partial charge is 0.223 e. The number of aromatic nitrogens is 2. The van der Waals surface area contributed by atoms with Crippen LogP contribution in [0.25, 0.3) is 0 Å². The number of ether oxygens (including phenoxy) is 1. The molecule has 0 amide bonds. The number of hydrogen-bond donors (Lipinski definition) is 1. The van der Waals surface area contributed by atoms with Crippen LogP contribution in [0.4, 0.5) is 0 Å². The first kappa shape index (κ1) is 12.2. The van der Waals surface area contributed by atoms with E-state index in [1.165, 1.54) is 5.56 Å². The molecule has 0 spiro atoms. The lowest BCUT2D eigenvalue weighted by Gasteiger charge is -2.33. The van der Waals surface area contributed by atoms with Crippen molar-refractivity contribution in [1.29, 1.82) is 0 Å². The molecule has 1 atom stereocenters. The molecule has 5 heteroatoms. The molecular formula is C14H17N3O2. The summed E-state index contributed by atoms with van der Waals surface area (Å²) in [7, 11) is 1.67. The van der Waals surface area contributed by atoms with Gasteiger partial charge in [-0.25, -0.2) is 0 Å². The van der Waals surface area contributed by atoms with E-state index in [0.29, 0.717) is 11.7 Å². The summed E-state index contributed by atoms with van der Waals surface area (Å²) in [6.45, 7) is 1.78. The molecule has 1 aromatic heterocycles. The maximum Gasteiger partial charge on any atom is 0.223 e. The van der Waals surface area contributed by atoms with Gasteiger partial charge in [0.1, 0.15) is 11.3 Å². The number of nitrogens with zero attached hydrogens (tertiary/aromatic N) is 2. The van der Waals surface area contributed by atoms with Crippen molar-refractivity contribution >= 4 is 0 Å². The summed E-state index contributed by atoms with van der Waals surface area (Å²) in [5.41, 5.74) is 8.19. The van der Waals surface area contributed by atoms with E-state index in [-0.39, 0.29) is 0 Å². The topological polar surface area (TPSA) is 74.2 Å². The molecule has 1 heterocycles. The molecule has 5 nitrogen and oxygen atoms in total. The Morgan fingerprint density at radius 1 is 1.42 bits per heavy atom. The van der Waals surface area contributed by atoms with Gasteiger partial charge in [0.25, 0.3) is 0 Å². The largest absolute Gasteiger partial charge is 0.497 e. The zero-order chi connectivity index (χ0) is 13.5. The summed E-state index contributed by atoms with van der Waals surface area (Å²) in [5, 5.41) is 4.01. The Morgan fingerprint density at radius 2 is 2.26 bits per heavy atom. The molecule has 0 saturated heterocycles. The molecule has 0 radical (unpaired) electrons. The molecule has 0 aliphatic heterocycles. The van der Waals surface area contributed by atoms with Crippen molar-refractivity contribution in [3.8, 4) is 5.75 Å². The third-order valence-corrected chi connectivity index (χ3v) is 3.74. The number of hydrogen-bond acceptors (Lipinski definition) is 5. The average molecular weight is 259 g/mol. The van der Waals surface area contributed by atoms with Gasteiger partial charge in [-0.3, -0.25) is 0 Å². The van der Waals surface area contributed by atoms with Crippen LogP contribution < -0.4 is 10.5 Å². The van der Waals surface area contributed by atoms with E-state index in [2.05, 4.69) is 10.1 Å². The van der Waals surface area contributed by atoms with E-state index in [0.717, 1.165) is 30.6 Å². The van der Waals surface area contributed by atoms with Crippen LogP contribution in [0.5, 0.6) is 5.75 Å². The van der Waals surface area contributed by atoms with Gasteiger partial charge in [0.05, 0.1) is 7.11 Å². The zero-order valence-corrected chi connectivity index (χ0v) is 11.1. The van der Waals surface area contributed by atoms with Gasteiger partial charge in [-0.15, -0.1) is 0 Å². The summed E-state index contributed by atoms with van der Waals surface area (Å²) in [6.07, 6.45) is 2.83. The molecule has 0 fully saturated rings. The fraction of sp³-hybridized carbons (Fsp3) is 0.429. The van der Waals surface area contributed by atoms with Crippen molar-refractivity contribution in [2.45, 2.75) is 31.7 Å². The zero-order valence-electron chi connectivity index (χ0n) is 11.1. The van der Waals surface area contributed by atoms with Gasteiger partial charge in [-0.05, 0) is 42.5 Å². The summed E-state index contributed by atoms with van der Waals surface area (Å²) >= 11 is 0. The van der Waals surface area contributed by atoms with Gasteiger partial charge in [0.15, 0.2) is 5.82 Å².